The number of benzene rings is 8. The van der Waals surface area contributed by atoms with E-state index in [0.29, 0.717) is 11.4 Å². The van der Waals surface area contributed by atoms with Gasteiger partial charge in [-0.1, -0.05) is 78.9 Å². The minimum absolute atomic E-state index is 0.576. The highest BCUT2D eigenvalue weighted by Gasteiger charge is 2.27. The molecule has 12 heteroatoms. The van der Waals surface area contributed by atoms with Crippen LogP contribution in [0.4, 0.5) is 17.1 Å². The molecule has 0 bridgehead atoms. The highest BCUT2D eigenvalue weighted by atomic mass is 16.3. The van der Waals surface area contributed by atoms with E-state index in [0.717, 1.165) is 105 Å². The van der Waals surface area contributed by atoms with Crippen molar-refractivity contribution in [2.24, 2.45) is 21.1 Å². The Kier molecular flexibility index (Phi) is 7.27. The first-order valence-corrected chi connectivity index (χ1v) is 19.6. The molecule has 60 heavy (non-hydrogen) atoms. The smallest absolute Gasteiger partial charge is 0.227 e. The van der Waals surface area contributed by atoms with Gasteiger partial charge in [0.25, 0.3) is 0 Å². The van der Waals surface area contributed by atoms with Crippen molar-refractivity contribution in [3.8, 4) is 33.7 Å². The maximum absolute atomic E-state index is 6.07. The van der Waals surface area contributed by atoms with E-state index in [-0.39, 0.29) is 0 Å². The number of fused-ring (bicyclic) bond motifs is 6. The van der Waals surface area contributed by atoms with Crippen LogP contribution in [0.2, 0.25) is 0 Å². The normalized spacial score (nSPS) is 11.9. The third kappa shape index (κ3) is 5.20. The second-order valence-electron chi connectivity index (χ2n) is 15.0. The minimum Gasteiger partial charge on any atom is -0.436 e. The van der Waals surface area contributed by atoms with E-state index in [4.69, 9.17) is 34.9 Å². The molecule has 0 saturated carbocycles. The Morgan fingerprint density at radius 3 is 1.67 bits per heavy atom. The molecule has 0 radical (unpaired) electrons. The van der Waals surface area contributed by atoms with Crippen molar-refractivity contribution in [1.29, 1.82) is 0 Å². The second kappa shape index (κ2) is 12.9. The van der Waals surface area contributed by atoms with Crippen LogP contribution in [0.15, 0.2) is 150 Å². The van der Waals surface area contributed by atoms with Gasteiger partial charge in [-0.3, -0.25) is 0 Å². The Morgan fingerprint density at radius 2 is 0.967 bits per heavy atom. The number of anilines is 3. The van der Waals surface area contributed by atoms with Gasteiger partial charge in [0.2, 0.25) is 5.89 Å². The lowest BCUT2D eigenvalue weighted by Crippen LogP contribution is -2.12. The van der Waals surface area contributed by atoms with Crippen molar-refractivity contribution in [3.63, 3.8) is 0 Å². The molecule has 0 amide bonds. The molecule has 0 aliphatic rings. The van der Waals surface area contributed by atoms with Crippen molar-refractivity contribution >= 4 is 82.8 Å². The van der Waals surface area contributed by atoms with Crippen LogP contribution in [-0.4, -0.2) is 50.0 Å². The van der Waals surface area contributed by atoms with Crippen molar-refractivity contribution in [1.82, 2.24) is 50.0 Å². The zero-order chi connectivity index (χ0) is 40.1. The number of hydrogen-bond donors (Lipinski definition) is 0. The summed E-state index contributed by atoms with van der Waals surface area (Å²) >= 11 is 0. The monoisotopic (exact) mass is 779 g/mol. The molecule has 8 aromatic carbocycles. The first-order chi connectivity index (χ1) is 29.4. The Hall–Kier alpha value is -8.25. The zero-order valence-corrected chi connectivity index (χ0v) is 32.7. The largest absolute Gasteiger partial charge is 0.436 e. The molecule has 0 fully saturated rings. The van der Waals surface area contributed by atoms with E-state index in [9.17, 15) is 0 Å². The Labute approximate surface area is 341 Å². The number of rotatable bonds is 6. The summed E-state index contributed by atoms with van der Waals surface area (Å²) in [7, 11) is 5.55. The van der Waals surface area contributed by atoms with E-state index in [1.807, 2.05) is 69.7 Å². The molecule has 0 aliphatic heterocycles. The van der Waals surface area contributed by atoms with Crippen molar-refractivity contribution < 1.29 is 4.42 Å². The summed E-state index contributed by atoms with van der Waals surface area (Å²) in [4.78, 5) is 11.8. The van der Waals surface area contributed by atoms with Crippen molar-refractivity contribution in [2.75, 3.05) is 4.90 Å². The van der Waals surface area contributed by atoms with E-state index in [1.54, 1.807) is 14.4 Å². The van der Waals surface area contributed by atoms with E-state index in [1.165, 1.54) is 0 Å². The fourth-order valence-electron chi connectivity index (χ4n) is 8.64. The average Bonchev–Trinajstić information content (AvgIpc) is 4.07. The lowest BCUT2D eigenvalue weighted by molar-refractivity contribution is 0.620. The molecule has 12 nitrogen and oxygen atoms in total. The zero-order valence-electron chi connectivity index (χ0n) is 32.7. The first-order valence-electron chi connectivity index (χ1n) is 19.6. The fraction of sp³-hybridized carbons (Fsp3) is 0.0625. The summed E-state index contributed by atoms with van der Waals surface area (Å²) in [5, 5.41) is 34.3. The van der Waals surface area contributed by atoms with E-state index < -0.39 is 0 Å². The predicted molar refractivity (Wildman–Crippen MR) is 236 cm³/mol. The molecule has 0 N–H and O–H groups in total. The van der Waals surface area contributed by atoms with Crippen molar-refractivity contribution in [3.05, 3.63) is 146 Å². The van der Waals surface area contributed by atoms with Gasteiger partial charge in [-0.15, -0.1) is 0 Å². The van der Waals surface area contributed by atoms with Crippen LogP contribution in [0, 0.1) is 0 Å². The maximum atomic E-state index is 6.07. The third-order valence-electron chi connectivity index (χ3n) is 11.2. The van der Waals surface area contributed by atoms with Gasteiger partial charge in [-0.25, -0.2) is 4.98 Å². The predicted octanol–water partition coefficient (Wildman–Crippen LogP) is 10.5. The van der Waals surface area contributed by atoms with Gasteiger partial charge in [0, 0.05) is 37.8 Å². The van der Waals surface area contributed by atoms with Crippen LogP contribution in [0.25, 0.3) is 99.5 Å². The molecule has 0 aliphatic carbocycles. The van der Waals surface area contributed by atoms with Gasteiger partial charge in [-0.05, 0) is 99.4 Å². The molecule has 4 aromatic heterocycles. The van der Waals surface area contributed by atoms with E-state index >= 15 is 0 Å². The Morgan fingerprint density at radius 1 is 0.433 bits per heavy atom. The standard InChI is InChI=1S/C48H33N11O/c1-56-50-37-16-10-17-38(45(37)53-56)59(40-26-24-35(44-47(40)55-58(3)52-44)42-32-13-6-4-11-30(32)27-31-12-5-7-14-33(31)42)39-25-23-34(43-46(39)54-57(2)51-43)28-19-21-29(22-20-28)48-49-36-15-8-9-18-41(36)60-48/h4-27H,1-3H3. The number of hydrogen-bond acceptors (Lipinski definition) is 9. The molecule has 12 rings (SSSR count). The number of nitrogens with zero attached hydrogens (tertiary/aromatic N) is 11. The summed E-state index contributed by atoms with van der Waals surface area (Å²) in [6.45, 7) is 0. The highest BCUT2D eigenvalue weighted by Crippen LogP contribution is 2.47. The lowest BCUT2D eigenvalue weighted by atomic mass is 9.91. The molecule has 0 saturated heterocycles. The maximum Gasteiger partial charge on any atom is 0.227 e. The summed E-state index contributed by atoms with van der Waals surface area (Å²) in [5.41, 5.74) is 13.4. The molecule has 0 unspecified atom stereocenters. The molecule has 0 spiro atoms. The van der Waals surface area contributed by atoms with Gasteiger partial charge in [0.15, 0.2) is 5.58 Å². The summed E-state index contributed by atoms with van der Waals surface area (Å²) in [5.74, 6) is 0.576. The van der Waals surface area contributed by atoms with Crippen LogP contribution in [0.1, 0.15) is 0 Å². The molecular formula is C48H33N11O. The molecule has 12 aromatic rings. The van der Waals surface area contributed by atoms with Gasteiger partial charge in [0.1, 0.15) is 38.6 Å². The van der Waals surface area contributed by atoms with Crippen LogP contribution >= 0.6 is 0 Å². The third-order valence-corrected chi connectivity index (χ3v) is 11.2. The van der Waals surface area contributed by atoms with Crippen LogP contribution < -0.4 is 4.90 Å². The van der Waals surface area contributed by atoms with Crippen LogP contribution in [0.3, 0.4) is 0 Å². The Bertz CT molecular complexity index is 3580. The summed E-state index contributed by atoms with van der Waals surface area (Å²) in [6, 6.07) is 49.9. The van der Waals surface area contributed by atoms with Crippen molar-refractivity contribution in [2.45, 2.75) is 0 Å². The Balaban J connectivity index is 1.07. The molecule has 4 heterocycles. The fourth-order valence-corrected chi connectivity index (χ4v) is 8.64. The highest BCUT2D eigenvalue weighted by molar-refractivity contribution is 6.18. The molecule has 0 atom stereocenters. The number of para-hydroxylation sites is 2. The topological polar surface area (TPSA) is 121 Å². The van der Waals surface area contributed by atoms with Gasteiger partial charge in [0.05, 0.1) is 17.1 Å². The average molecular weight is 780 g/mol. The van der Waals surface area contributed by atoms with Gasteiger partial charge < -0.3 is 9.32 Å². The van der Waals surface area contributed by atoms with E-state index in [2.05, 4.69) is 107 Å². The number of aromatic nitrogens is 10. The minimum atomic E-state index is 0.576. The molecular weight excluding hydrogens is 747 g/mol. The summed E-state index contributed by atoms with van der Waals surface area (Å²) in [6.07, 6.45) is 0. The summed E-state index contributed by atoms with van der Waals surface area (Å²) < 4.78 is 6.07. The number of aryl methyl sites for hydroxylation is 3. The molecule has 286 valence electrons. The lowest BCUT2D eigenvalue weighted by Gasteiger charge is -2.26. The first kappa shape index (κ1) is 33.8. The second-order valence-corrected chi connectivity index (χ2v) is 15.0. The quantitative estimate of drug-likeness (QED) is 0.152. The van der Waals surface area contributed by atoms with Crippen LogP contribution in [0.5, 0.6) is 0 Å². The van der Waals surface area contributed by atoms with Gasteiger partial charge in [-0.2, -0.15) is 45.0 Å². The SMILES string of the molecule is Cn1nc2cccc(N(c3ccc(-c4ccc(-c5nc6ccccc6o5)cc4)c4nn(C)nc34)c3ccc(-c4c5ccccc5cc5ccccc45)c4nn(C)nc34)c2n1. The van der Waals surface area contributed by atoms with Gasteiger partial charge >= 0.3 is 0 Å². The number of oxazole rings is 1. The van der Waals surface area contributed by atoms with Crippen LogP contribution in [-0.2, 0) is 21.1 Å².